The molecule has 0 spiro atoms. The highest BCUT2D eigenvalue weighted by molar-refractivity contribution is 7.92. The Hall–Kier alpha value is -4.67. The average molecular weight is 604 g/mol. The van der Waals surface area contributed by atoms with E-state index < -0.39 is 21.7 Å². The van der Waals surface area contributed by atoms with Gasteiger partial charge < -0.3 is 14.2 Å². The van der Waals surface area contributed by atoms with E-state index >= 15 is 0 Å². The van der Waals surface area contributed by atoms with Crippen molar-refractivity contribution in [2.45, 2.75) is 0 Å². The molecule has 4 aromatic carbocycles. The average Bonchev–Trinajstić information content (AvgIpc) is 3.56. The molecule has 0 bridgehead atoms. The van der Waals surface area contributed by atoms with Crippen molar-refractivity contribution in [3.8, 4) is 33.9 Å². The number of carbonyl (C=O) groups excluding carboxylic acids is 1. The van der Waals surface area contributed by atoms with E-state index in [1.807, 2.05) is 18.2 Å². The van der Waals surface area contributed by atoms with Crippen molar-refractivity contribution in [3.63, 3.8) is 0 Å². The quantitative estimate of drug-likeness (QED) is 0.217. The molecule has 11 heteroatoms. The predicted octanol–water partition coefficient (Wildman–Crippen LogP) is 7.12. The summed E-state index contributed by atoms with van der Waals surface area (Å²) in [6, 6.07) is 21.3. The third-order valence-electron chi connectivity index (χ3n) is 6.97. The van der Waals surface area contributed by atoms with Gasteiger partial charge in [-0.3, -0.25) is 9.10 Å². The molecule has 0 radical (unpaired) electrons. The molecular weight excluding hydrogens is 581 g/mol. The number of halogens is 2. The van der Waals surface area contributed by atoms with Crippen molar-refractivity contribution < 1.29 is 26.4 Å². The lowest BCUT2D eigenvalue weighted by Gasteiger charge is -2.21. The minimum Gasteiger partial charge on any atom is -0.455 e. The molecule has 0 saturated carbocycles. The molecule has 0 atom stereocenters. The summed E-state index contributed by atoms with van der Waals surface area (Å²) in [6.45, 7) is 0. The van der Waals surface area contributed by atoms with Crippen LogP contribution in [0.15, 0.2) is 87.7 Å². The number of sulfonamides is 1. The van der Waals surface area contributed by atoms with E-state index in [9.17, 15) is 17.6 Å². The summed E-state index contributed by atoms with van der Waals surface area (Å²) < 4.78 is 52.3. The SMILES string of the molecule is CNC(=O)c1c(-c2ccc(F)cc2)oc2cc(N(C)S(C)(=O)=O)c(-c3cccc(-c4nc5cc(Cl)ccc5o4)c3)cc12. The van der Waals surface area contributed by atoms with Crippen LogP contribution in [0, 0.1) is 5.82 Å². The van der Waals surface area contributed by atoms with E-state index in [0.29, 0.717) is 55.3 Å². The van der Waals surface area contributed by atoms with Crippen LogP contribution >= 0.6 is 11.6 Å². The molecule has 0 saturated heterocycles. The van der Waals surface area contributed by atoms with Crippen LogP contribution in [0.3, 0.4) is 0 Å². The van der Waals surface area contributed by atoms with E-state index in [4.69, 9.17) is 20.4 Å². The Labute approximate surface area is 245 Å². The Morgan fingerprint density at radius 2 is 1.67 bits per heavy atom. The number of amides is 1. The summed E-state index contributed by atoms with van der Waals surface area (Å²) in [4.78, 5) is 17.7. The van der Waals surface area contributed by atoms with Crippen LogP contribution < -0.4 is 9.62 Å². The van der Waals surface area contributed by atoms with Crippen molar-refractivity contribution in [1.29, 1.82) is 0 Å². The second kappa shape index (κ2) is 10.3. The van der Waals surface area contributed by atoms with Crippen LogP contribution in [0.1, 0.15) is 10.4 Å². The Morgan fingerprint density at radius 1 is 0.929 bits per heavy atom. The smallest absolute Gasteiger partial charge is 0.255 e. The van der Waals surface area contributed by atoms with Gasteiger partial charge in [-0.15, -0.1) is 0 Å². The maximum absolute atomic E-state index is 13.7. The highest BCUT2D eigenvalue weighted by Gasteiger charge is 2.26. The number of fused-ring (bicyclic) bond motifs is 2. The number of furan rings is 1. The number of benzene rings is 4. The van der Waals surface area contributed by atoms with E-state index in [-0.39, 0.29) is 16.9 Å². The van der Waals surface area contributed by atoms with Crippen LogP contribution in [0.4, 0.5) is 10.1 Å². The van der Waals surface area contributed by atoms with Gasteiger partial charge in [0.25, 0.3) is 5.91 Å². The summed E-state index contributed by atoms with van der Waals surface area (Å²) >= 11 is 6.12. The lowest BCUT2D eigenvalue weighted by molar-refractivity contribution is 0.0964. The molecule has 6 aromatic rings. The van der Waals surface area contributed by atoms with Crippen LogP contribution in [-0.2, 0) is 10.0 Å². The summed E-state index contributed by atoms with van der Waals surface area (Å²) in [5, 5.41) is 3.63. The van der Waals surface area contributed by atoms with Crippen molar-refractivity contribution in [3.05, 3.63) is 95.3 Å². The van der Waals surface area contributed by atoms with Crippen molar-refractivity contribution in [2.24, 2.45) is 0 Å². The molecule has 6 rings (SSSR count). The summed E-state index contributed by atoms with van der Waals surface area (Å²) in [6.07, 6.45) is 1.10. The normalized spacial score (nSPS) is 11.7. The van der Waals surface area contributed by atoms with E-state index in [1.165, 1.54) is 38.4 Å². The fourth-order valence-corrected chi connectivity index (χ4v) is 5.48. The number of oxazole rings is 1. The van der Waals surface area contributed by atoms with Gasteiger partial charge in [0.1, 0.15) is 22.7 Å². The molecule has 1 amide bonds. The first-order chi connectivity index (χ1) is 20.0. The predicted molar refractivity (Wildman–Crippen MR) is 162 cm³/mol. The Bertz CT molecular complexity index is 2120. The van der Waals surface area contributed by atoms with Crippen LogP contribution in [0.25, 0.3) is 56.0 Å². The van der Waals surface area contributed by atoms with Gasteiger partial charge >= 0.3 is 0 Å². The first-order valence-corrected chi connectivity index (χ1v) is 15.0. The van der Waals surface area contributed by atoms with Gasteiger partial charge in [-0.25, -0.2) is 17.8 Å². The van der Waals surface area contributed by atoms with Crippen LogP contribution in [0.5, 0.6) is 0 Å². The standard InChI is InChI=1S/C31H23ClFN3O5S/c1-34-30(37)28-23-15-22(18-5-4-6-19(13-18)31-35-24-14-20(32)9-12-26(24)41-31)25(36(2)42(3,38)39)16-27(23)40-29(28)17-7-10-21(33)11-8-17/h4-16H,1-3H3,(H,34,37). The Balaban J connectivity index is 1.60. The number of nitrogens with one attached hydrogen (secondary N) is 1. The molecule has 0 unspecified atom stereocenters. The first kappa shape index (κ1) is 27.5. The lowest BCUT2D eigenvalue weighted by Crippen LogP contribution is -2.25. The van der Waals surface area contributed by atoms with E-state index in [0.717, 1.165) is 10.6 Å². The number of rotatable bonds is 6. The highest BCUT2D eigenvalue weighted by Crippen LogP contribution is 2.42. The third kappa shape index (κ3) is 4.88. The van der Waals surface area contributed by atoms with E-state index in [1.54, 1.807) is 36.4 Å². The monoisotopic (exact) mass is 603 g/mol. The zero-order valence-corrected chi connectivity index (χ0v) is 24.2. The summed E-state index contributed by atoms with van der Waals surface area (Å²) in [7, 11) is -0.751. The highest BCUT2D eigenvalue weighted by atomic mass is 35.5. The maximum Gasteiger partial charge on any atom is 0.255 e. The second-order valence-corrected chi connectivity index (χ2v) is 12.2. The molecule has 0 aliphatic carbocycles. The molecule has 0 aliphatic heterocycles. The van der Waals surface area contributed by atoms with Gasteiger partial charge in [-0.05, 0) is 66.2 Å². The van der Waals surface area contributed by atoms with Gasteiger partial charge in [0.2, 0.25) is 15.9 Å². The minimum absolute atomic E-state index is 0.230. The molecule has 42 heavy (non-hydrogen) atoms. The molecule has 1 N–H and O–H groups in total. The summed E-state index contributed by atoms with van der Waals surface area (Å²) in [5.41, 5.74) is 4.33. The van der Waals surface area contributed by atoms with Gasteiger partial charge in [0.05, 0.1) is 17.5 Å². The molecule has 2 aromatic heterocycles. The van der Waals surface area contributed by atoms with Gasteiger partial charge in [0.15, 0.2) is 5.58 Å². The molecule has 8 nitrogen and oxygen atoms in total. The maximum atomic E-state index is 13.7. The second-order valence-electron chi connectivity index (χ2n) is 9.70. The molecule has 2 heterocycles. The van der Waals surface area contributed by atoms with Crippen molar-refractivity contribution in [1.82, 2.24) is 10.3 Å². The largest absolute Gasteiger partial charge is 0.455 e. The minimum atomic E-state index is -3.69. The molecule has 0 aliphatic rings. The number of carbonyl (C=O) groups is 1. The van der Waals surface area contributed by atoms with Gasteiger partial charge in [0, 0.05) is 47.3 Å². The topological polar surface area (TPSA) is 106 Å². The number of hydrogen-bond acceptors (Lipinski definition) is 6. The lowest BCUT2D eigenvalue weighted by atomic mass is 9.97. The van der Waals surface area contributed by atoms with Crippen molar-refractivity contribution in [2.75, 3.05) is 24.7 Å². The molecular formula is C31H23ClFN3O5S. The number of nitrogens with zero attached hydrogens (tertiary/aromatic N) is 2. The number of hydrogen-bond donors (Lipinski definition) is 1. The molecule has 212 valence electrons. The zero-order valence-electron chi connectivity index (χ0n) is 22.6. The third-order valence-corrected chi connectivity index (χ3v) is 8.40. The van der Waals surface area contributed by atoms with Gasteiger partial charge in [-0.1, -0.05) is 23.7 Å². The Morgan fingerprint density at radius 3 is 2.38 bits per heavy atom. The zero-order chi connectivity index (χ0) is 29.8. The number of aromatic nitrogens is 1. The summed E-state index contributed by atoms with van der Waals surface area (Å²) in [5.74, 6) is -0.255. The van der Waals surface area contributed by atoms with Crippen LogP contribution in [-0.4, -0.2) is 39.7 Å². The first-order valence-electron chi connectivity index (χ1n) is 12.7. The van der Waals surface area contributed by atoms with Crippen LogP contribution in [0.2, 0.25) is 5.02 Å². The molecule has 0 fully saturated rings. The Kier molecular flexibility index (Phi) is 6.75. The van der Waals surface area contributed by atoms with Crippen molar-refractivity contribution >= 4 is 55.3 Å². The van der Waals surface area contributed by atoms with E-state index in [2.05, 4.69) is 10.3 Å². The number of anilines is 1. The fourth-order valence-electron chi connectivity index (χ4n) is 4.80. The van der Waals surface area contributed by atoms with Gasteiger partial charge in [-0.2, -0.15) is 0 Å². The fraction of sp³-hybridized carbons (Fsp3) is 0.0968.